The topological polar surface area (TPSA) is 35.2 Å². The van der Waals surface area contributed by atoms with Crippen molar-refractivity contribution in [3.8, 4) is 0 Å². The average Bonchev–Trinajstić information content (AvgIpc) is 1.84. The third-order valence-corrected chi connectivity index (χ3v) is 1.39. The summed E-state index contributed by atoms with van der Waals surface area (Å²) in [5, 5.41) is 0. The van der Waals surface area contributed by atoms with Gasteiger partial charge in [-0.1, -0.05) is 13.3 Å². The van der Waals surface area contributed by atoms with Crippen LogP contribution in [0.3, 0.4) is 0 Å². The van der Waals surface area contributed by atoms with Crippen molar-refractivity contribution in [1.82, 2.24) is 0 Å². The fraction of sp³-hybridized carbons (Fsp3) is 1.00. The van der Waals surface area contributed by atoms with Crippen molar-refractivity contribution >= 4 is 0 Å². The van der Waals surface area contributed by atoms with Gasteiger partial charge in [-0.3, -0.25) is 0 Å². The van der Waals surface area contributed by atoms with Crippen molar-refractivity contribution in [2.45, 2.75) is 52.2 Å². The molecular weight excluding hydrogens is 138 g/mol. The number of rotatable bonds is 4. The molecule has 11 heavy (non-hydrogen) atoms. The molecule has 0 aromatic rings. The van der Waals surface area contributed by atoms with Gasteiger partial charge in [0.05, 0.1) is 11.7 Å². The molecule has 0 rings (SSSR count). The smallest absolute Gasteiger partial charge is 0.0704 e. The predicted molar refractivity (Wildman–Crippen MR) is 48.6 cm³/mol. The van der Waals surface area contributed by atoms with Gasteiger partial charge < -0.3 is 10.5 Å². The first-order valence-electron chi connectivity index (χ1n) is 4.37. The van der Waals surface area contributed by atoms with Gasteiger partial charge in [0.1, 0.15) is 0 Å². The molecule has 0 aliphatic rings. The number of hydrogen-bond acceptors (Lipinski definition) is 2. The summed E-state index contributed by atoms with van der Waals surface area (Å²) in [6, 6.07) is 0. The van der Waals surface area contributed by atoms with Gasteiger partial charge in [-0.05, 0) is 27.2 Å². The lowest BCUT2D eigenvalue weighted by atomic mass is 10.1. The predicted octanol–water partition coefficient (Wildman–Crippen LogP) is 1.93. The van der Waals surface area contributed by atoms with Crippen molar-refractivity contribution in [1.29, 1.82) is 0 Å². The molecule has 2 N–H and O–H groups in total. The SMILES string of the molecule is CCCC(CN)OC(C)(C)C. The van der Waals surface area contributed by atoms with Crippen LogP contribution < -0.4 is 5.73 Å². The van der Waals surface area contributed by atoms with E-state index in [0.717, 1.165) is 12.8 Å². The van der Waals surface area contributed by atoms with Crippen LogP contribution in [-0.4, -0.2) is 18.2 Å². The first-order valence-corrected chi connectivity index (χ1v) is 4.37. The molecule has 0 saturated heterocycles. The average molecular weight is 159 g/mol. The minimum absolute atomic E-state index is 0.0563. The quantitative estimate of drug-likeness (QED) is 0.680. The molecule has 1 atom stereocenters. The third kappa shape index (κ3) is 6.32. The van der Waals surface area contributed by atoms with Crippen LogP contribution in [-0.2, 0) is 4.74 Å². The monoisotopic (exact) mass is 159 g/mol. The highest BCUT2D eigenvalue weighted by atomic mass is 16.5. The minimum atomic E-state index is -0.0563. The summed E-state index contributed by atoms with van der Waals surface area (Å²) >= 11 is 0. The third-order valence-electron chi connectivity index (χ3n) is 1.39. The second kappa shape index (κ2) is 4.73. The Morgan fingerprint density at radius 3 is 2.18 bits per heavy atom. The summed E-state index contributed by atoms with van der Waals surface area (Å²) < 4.78 is 5.70. The Bertz CT molecular complexity index is 96.2. The standard InChI is InChI=1S/C9H21NO/c1-5-6-8(7-10)11-9(2,3)4/h8H,5-7,10H2,1-4H3. The van der Waals surface area contributed by atoms with E-state index in [4.69, 9.17) is 10.5 Å². The lowest BCUT2D eigenvalue weighted by Crippen LogP contribution is -2.32. The highest BCUT2D eigenvalue weighted by Crippen LogP contribution is 2.13. The summed E-state index contributed by atoms with van der Waals surface area (Å²) in [6.07, 6.45) is 2.44. The maximum absolute atomic E-state index is 5.70. The maximum atomic E-state index is 5.70. The first kappa shape index (κ1) is 10.9. The molecule has 0 aliphatic carbocycles. The van der Waals surface area contributed by atoms with Crippen molar-refractivity contribution < 1.29 is 4.74 Å². The summed E-state index contributed by atoms with van der Waals surface area (Å²) in [6.45, 7) is 8.96. The molecule has 0 saturated carbocycles. The minimum Gasteiger partial charge on any atom is -0.371 e. The van der Waals surface area contributed by atoms with Gasteiger partial charge in [0.2, 0.25) is 0 Å². The number of hydrogen-bond donors (Lipinski definition) is 1. The van der Waals surface area contributed by atoms with Crippen LogP contribution >= 0.6 is 0 Å². The van der Waals surface area contributed by atoms with E-state index in [0.29, 0.717) is 6.54 Å². The molecule has 0 radical (unpaired) electrons. The zero-order valence-electron chi connectivity index (χ0n) is 8.18. The summed E-state index contributed by atoms with van der Waals surface area (Å²) in [7, 11) is 0. The van der Waals surface area contributed by atoms with E-state index in [1.54, 1.807) is 0 Å². The van der Waals surface area contributed by atoms with E-state index in [-0.39, 0.29) is 11.7 Å². The van der Waals surface area contributed by atoms with Crippen LogP contribution in [0, 0.1) is 0 Å². The lowest BCUT2D eigenvalue weighted by Gasteiger charge is -2.26. The molecule has 0 heterocycles. The molecular formula is C9H21NO. The van der Waals surface area contributed by atoms with Gasteiger partial charge in [-0.2, -0.15) is 0 Å². The Morgan fingerprint density at radius 2 is 1.91 bits per heavy atom. The van der Waals surface area contributed by atoms with Crippen molar-refractivity contribution in [3.63, 3.8) is 0 Å². The molecule has 0 bridgehead atoms. The Labute approximate surface area is 70.1 Å². The highest BCUT2D eigenvalue weighted by Gasteiger charge is 2.16. The molecule has 2 nitrogen and oxygen atoms in total. The van der Waals surface area contributed by atoms with Crippen LogP contribution in [0.25, 0.3) is 0 Å². The lowest BCUT2D eigenvalue weighted by molar-refractivity contribution is -0.0585. The summed E-state index contributed by atoms with van der Waals surface area (Å²) in [5.74, 6) is 0. The Balaban J connectivity index is 3.68. The van der Waals surface area contributed by atoms with Gasteiger partial charge in [-0.25, -0.2) is 0 Å². The Kier molecular flexibility index (Phi) is 4.69. The zero-order valence-corrected chi connectivity index (χ0v) is 8.18. The Morgan fingerprint density at radius 1 is 1.36 bits per heavy atom. The van der Waals surface area contributed by atoms with Gasteiger partial charge >= 0.3 is 0 Å². The van der Waals surface area contributed by atoms with Crippen LogP contribution in [0.2, 0.25) is 0 Å². The molecule has 0 spiro atoms. The Hall–Kier alpha value is -0.0800. The first-order chi connectivity index (χ1) is 4.99. The number of ether oxygens (including phenoxy) is 1. The highest BCUT2D eigenvalue weighted by molar-refractivity contribution is 4.66. The molecule has 0 amide bonds. The van der Waals surface area contributed by atoms with Crippen molar-refractivity contribution in [2.75, 3.05) is 6.54 Å². The van der Waals surface area contributed by atoms with E-state index in [1.165, 1.54) is 0 Å². The normalized spacial score (nSPS) is 15.0. The van der Waals surface area contributed by atoms with Gasteiger partial charge in [-0.15, -0.1) is 0 Å². The molecule has 1 unspecified atom stereocenters. The summed E-state index contributed by atoms with van der Waals surface area (Å²) in [5.41, 5.74) is 5.48. The van der Waals surface area contributed by atoms with E-state index in [1.807, 2.05) is 0 Å². The van der Waals surface area contributed by atoms with Gasteiger partial charge in [0.15, 0.2) is 0 Å². The fourth-order valence-corrected chi connectivity index (χ4v) is 1.05. The van der Waals surface area contributed by atoms with Crippen molar-refractivity contribution in [3.05, 3.63) is 0 Å². The molecule has 0 aromatic carbocycles. The van der Waals surface area contributed by atoms with E-state index in [9.17, 15) is 0 Å². The van der Waals surface area contributed by atoms with Gasteiger partial charge in [0, 0.05) is 6.54 Å². The van der Waals surface area contributed by atoms with Crippen LogP contribution in [0.1, 0.15) is 40.5 Å². The van der Waals surface area contributed by atoms with Crippen LogP contribution in [0.5, 0.6) is 0 Å². The molecule has 0 aliphatic heterocycles. The summed E-state index contributed by atoms with van der Waals surface area (Å²) in [4.78, 5) is 0. The van der Waals surface area contributed by atoms with Crippen LogP contribution in [0.4, 0.5) is 0 Å². The maximum Gasteiger partial charge on any atom is 0.0704 e. The van der Waals surface area contributed by atoms with E-state index in [2.05, 4.69) is 27.7 Å². The zero-order chi connectivity index (χ0) is 8.91. The molecule has 0 aromatic heterocycles. The van der Waals surface area contributed by atoms with E-state index < -0.39 is 0 Å². The number of nitrogens with two attached hydrogens (primary N) is 1. The fourth-order valence-electron chi connectivity index (χ4n) is 1.05. The largest absolute Gasteiger partial charge is 0.371 e. The second-order valence-corrected chi connectivity index (χ2v) is 3.88. The molecule has 0 fully saturated rings. The second-order valence-electron chi connectivity index (χ2n) is 3.88. The molecule has 2 heteroatoms. The van der Waals surface area contributed by atoms with Gasteiger partial charge in [0.25, 0.3) is 0 Å². The van der Waals surface area contributed by atoms with Crippen LogP contribution in [0.15, 0.2) is 0 Å². The molecule has 68 valence electrons. The van der Waals surface area contributed by atoms with E-state index >= 15 is 0 Å². The van der Waals surface area contributed by atoms with Crippen molar-refractivity contribution in [2.24, 2.45) is 5.73 Å².